The van der Waals surface area contributed by atoms with E-state index in [0.717, 1.165) is 42.0 Å². The molecule has 4 heteroatoms. The third kappa shape index (κ3) is 3.43. The van der Waals surface area contributed by atoms with Crippen LogP contribution in [0.3, 0.4) is 0 Å². The predicted octanol–water partition coefficient (Wildman–Crippen LogP) is 3.89. The Morgan fingerprint density at radius 2 is 2.05 bits per heavy atom. The zero-order valence-corrected chi connectivity index (χ0v) is 13.4. The van der Waals surface area contributed by atoms with Crippen LogP contribution in [0.2, 0.25) is 5.02 Å². The highest BCUT2D eigenvalue weighted by atomic mass is 35.5. The maximum atomic E-state index is 6.16. The molecule has 0 saturated carbocycles. The highest BCUT2D eigenvalue weighted by molar-refractivity contribution is 6.31. The van der Waals surface area contributed by atoms with Gasteiger partial charge in [-0.05, 0) is 42.3 Å². The molecule has 0 aliphatic carbocycles. The van der Waals surface area contributed by atoms with Crippen molar-refractivity contribution in [1.29, 1.82) is 0 Å². The largest absolute Gasteiger partial charge is 0.496 e. The molecule has 3 rings (SSSR count). The number of halogens is 1. The van der Waals surface area contributed by atoms with Crippen LogP contribution in [0.1, 0.15) is 12.0 Å². The van der Waals surface area contributed by atoms with E-state index in [1.54, 1.807) is 7.11 Å². The van der Waals surface area contributed by atoms with E-state index in [0.29, 0.717) is 17.7 Å². The first kappa shape index (κ1) is 15.3. The van der Waals surface area contributed by atoms with E-state index >= 15 is 0 Å². The number of hydrogen-bond acceptors (Lipinski definition) is 3. The molecule has 1 aliphatic heterocycles. The third-order valence-electron chi connectivity index (χ3n) is 3.96. The van der Waals surface area contributed by atoms with E-state index < -0.39 is 0 Å². The molecule has 1 aliphatic rings. The second-order valence-corrected chi connectivity index (χ2v) is 5.86. The summed E-state index contributed by atoms with van der Waals surface area (Å²) in [5.41, 5.74) is 3.25. The van der Waals surface area contributed by atoms with Crippen LogP contribution in [0.15, 0.2) is 42.5 Å². The molecule has 1 saturated heterocycles. The lowest BCUT2D eigenvalue weighted by Crippen LogP contribution is -2.16. The highest BCUT2D eigenvalue weighted by Gasteiger charge is 2.16. The Bertz CT molecular complexity index is 639. The number of nitrogens with one attached hydrogen (secondary N) is 1. The zero-order valence-electron chi connectivity index (χ0n) is 12.6. The first-order valence-electron chi connectivity index (χ1n) is 7.52. The van der Waals surface area contributed by atoms with Crippen molar-refractivity contribution in [3.05, 3.63) is 53.1 Å². The van der Waals surface area contributed by atoms with Gasteiger partial charge in [-0.2, -0.15) is 0 Å². The molecule has 22 heavy (non-hydrogen) atoms. The van der Waals surface area contributed by atoms with E-state index in [2.05, 4.69) is 17.4 Å². The molecule has 0 radical (unpaired) electrons. The smallest absolute Gasteiger partial charge is 0.126 e. The van der Waals surface area contributed by atoms with Gasteiger partial charge in [0.15, 0.2) is 0 Å². The zero-order chi connectivity index (χ0) is 15.4. The summed E-state index contributed by atoms with van der Waals surface area (Å²) in [4.78, 5) is 0. The Morgan fingerprint density at radius 1 is 1.18 bits per heavy atom. The summed E-state index contributed by atoms with van der Waals surface area (Å²) >= 11 is 6.16. The Kier molecular flexibility index (Phi) is 4.98. The molecule has 1 heterocycles. The van der Waals surface area contributed by atoms with Crippen LogP contribution in [0.5, 0.6) is 5.75 Å². The number of rotatable bonds is 5. The molecule has 0 aromatic heterocycles. The van der Waals surface area contributed by atoms with Crippen molar-refractivity contribution in [1.82, 2.24) is 5.32 Å². The van der Waals surface area contributed by atoms with Crippen LogP contribution in [0.4, 0.5) is 0 Å². The van der Waals surface area contributed by atoms with Crippen molar-refractivity contribution in [2.24, 2.45) is 0 Å². The van der Waals surface area contributed by atoms with Gasteiger partial charge in [-0.15, -0.1) is 0 Å². The van der Waals surface area contributed by atoms with Gasteiger partial charge in [0.1, 0.15) is 5.75 Å². The average Bonchev–Trinajstić information content (AvgIpc) is 3.06. The van der Waals surface area contributed by atoms with E-state index in [4.69, 9.17) is 21.1 Å². The lowest BCUT2D eigenvalue weighted by molar-refractivity contribution is 0.0545. The van der Waals surface area contributed by atoms with Crippen LogP contribution >= 0.6 is 11.6 Å². The monoisotopic (exact) mass is 317 g/mol. The molecule has 0 spiro atoms. The van der Waals surface area contributed by atoms with E-state index in [1.165, 1.54) is 0 Å². The molecule has 0 amide bonds. The Hall–Kier alpha value is -1.55. The molecule has 3 nitrogen and oxygen atoms in total. The van der Waals surface area contributed by atoms with E-state index in [9.17, 15) is 0 Å². The van der Waals surface area contributed by atoms with Crippen molar-refractivity contribution in [2.75, 3.05) is 20.2 Å². The van der Waals surface area contributed by atoms with Gasteiger partial charge >= 0.3 is 0 Å². The van der Waals surface area contributed by atoms with E-state index in [1.807, 2.05) is 30.3 Å². The lowest BCUT2D eigenvalue weighted by atomic mass is 9.99. The molecule has 0 bridgehead atoms. The number of hydrogen-bond donors (Lipinski definition) is 1. The van der Waals surface area contributed by atoms with Crippen molar-refractivity contribution < 1.29 is 9.47 Å². The number of methoxy groups -OCH3 is 1. The minimum atomic E-state index is 0.300. The van der Waals surface area contributed by atoms with Gasteiger partial charge in [0.05, 0.1) is 19.8 Å². The minimum absolute atomic E-state index is 0.300. The topological polar surface area (TPSA) is 30.5 Å². The van der Waals surface area contributed by atoms with Crippen LogP contribution in [0, 0.1) is 0 Å². The lowest BCUT2D eigenvalue weighted by Gasteiger charge is -2.16. The minimum Gasteiger partial charge on any atom is -0.496 e. The van der Waals surface area contributed by atoms with Crippen LogP contribution < -0.4 is 10.1 Å². The average molecular weight is 318 g/mol. The van der Waals surface area contributed by atoms with Crippen molar-refractivity contribution >= 4 is 11.6 Å². The fourth-order valence-electron chi connectivity index (χ4n) is 2.78. The highest BCUT2D eigenvalue weighted by Crippen LogP contribution is 2.35. The molecule has 1 fully saturated rings. The van der Waals surface area contributed by atoms with Crippen molar-refractivity contribution in [3.8, 4) is 16.9 Å². The predicted molar refractivity (Wildman–Crippen MR) is 89.5 cm³/mol. The molecule has 2 aromatic carbocycles. The normalized spacial score (nSPS) is 17.6. The molecular formula is C18H20ClNO2. The van der Waals surface area contributed by atoms with Gasteiger partial charge in [-0.3, -0.25) is 0 Å². The van der Waals surface area contributed by atoms with Crippen molar-refractivity contribution in [2.45, 2.75) is 19.1 Å². The maximum Gasteiger partial charge on any atom is 0.126 e. The Morgan fingerprint density at radius 3 is 2.82 bits per heavy atom. The summed E-state index contributed by atoms with van der Waals surface area (Å²) in [6.07, 6.45) is 1.37. The molecule has 1 N–H and O–H groups in total. The number of benzene rings is 2. The Labute approximate surface area is 136 Å². The first-order chi connectivity index (χ1) is 10.8. The second kappa shape index (κ2) is 7.14. The van der Waals surface area contributed by atoms with Crippen molar-refractivity contribution in [3.63, 3.8) is 0 Å². The number of ether oxygens (including phenoxy) is 2. The van der Waals surface area contributed by atoms with E-state index in [-0.39, 0.29) is 0 Å². The Balaban J connectivity index is 1.88. The van der Waals surface area contributed by atoms with Crippen LogP contribution in [0.25, 0.3) is 11.1 Å². The van der Waals surface area contributed by atoms with Gasteiger partial charge in [0.25, 0.3) is 0 Å². The van der Waals surface area contributed by atoms with Gasteiger partial charge in [0, 0.05) is 17.1 Å². The molecule has 2 aromatic rings. The SMILES string of the molecule is COc1ccc(Cl)cc1-c1ccccc1CO[C@H]1CCNC1. The quantitative estimate of drug-likeness (QED) is 0.907. The molecule has 0 unspecified atom stereocenters. The summed E-state index contributed by atoms with van der Waals surface area (Å²) in [7, 11) is 1.68. The summed E-state index contributed by atoms with van der Waals surface area (Å²) in [6, 6.07) is 13.9. The second-order valence-electron chi connectivity index (χ2n) is 5.43. The van der Waals surface area contributed by atoms with Gasteiger partial charge in [-0.1, -0.05) is 35.9 Å². The molecule has 1 atom stereocenters. The third-order valence-corrected chi connectivity index (χ3v) is 4.19. The fourth-order valence-corrected chi connectivity index (χ4v) is 2.95. The summed E-state index contributed by atoms with van der Waals surface area (Å²) in [6.45, 7) is 2.56. The standard InChI is InChI=1S/C18H20ClNO2/c1-21-18-7-6-14(19)10-17(18)16-5-3-2-4-13(16)12-22-15-8-9-20-11-15/h2-7,10,15,20H,8-9,11-12H2,1H3/t15-/m0/s1. The molecular weight excluding hydrogens is 298 g/mol. The first-order valence-corrected chi connectivity index (χ1v) is 7.90. The summed E-state index contributed by atoms with van der Waals surface area (Å²) in [5, 5.41) is 4.02. The van der Waals surface area contributed by atoms with Gasteiger partial charge in [-0.25, -0.2) is 0 Å². The maximum absolute atomic E-state index is 6.16. The summed E-state index contributed by atoms with van der Waals surface area (Å²) < 4.78 is 11.5. The fraction of sp³-hybridized carbons (Fsp3) is 0.333. The van der Waals surface area contributed by atoms with Crippen LogP contribution in [-0.4, -0.2) is 26.3 Å². The van der Waals surface area contributed by atoms with Gasteiger partial charge < -0.3 is 14.8 Å². The van der Waals surface area contributed by atoms with Crippen LogP contribution in [-0.2, 0) is 11.3 Å². The van der Waals surface area contributed by atoms with Gasteiger partial charge in [0.2, 0.25) is 0 Å². The summed E-state index contributed by atoms with van der Waals surface area (Å²) in [5.74, 6) is 0.819. The molecule has 116 valence electrons.